The fraction of sp³-hybridized carbons (Fsp3) is 0.276. The summed E-state index contributed by atoms with van der Waals surface area (Å²) in [6.07, 6.45) is 5.34. The van der Waals surface area contributed by atoms with Crippen molar-refractivity contribution in [1.82, 2.24) is 10.6 Å². The fourth-order valence-corrected chi connectivity index (χ4v) is 4.24. The van der Waals surface area contributed by atoms with Crippen LogP contribution in [0.4, 0.5) is 13.6 Å². The molecule has 1 unspecified atom stereocenters. The molecular weight excluding hydrogens is 514 g/mol. The molecule has 40 heavy (non-hydrogen) atoms. The summed E-state index contributed by atoms with van der Waals surface area (Å²) in [6.45, 7) is 4.31. The van der Waals surface area contributed by atoms with Gasteiger partial charge in [0.15, 0.2) is 6.21 Å². The predicted octanol–water partition coefficient (Wildman–Crippen LogP) is 1.15. The first-order valence-corrected chi connectivity index (χ1v) is 13.1. The Hall–Kier alpha value is -4.51. The molecule has 2 aromatic rings. The van der Waals surface area contributed by atoms with Gasteiger partial charge in [0, 0.05) is 47.8 Å². The molecule has 1 aliphatic heterocycles. The second kappa shape index (κ2) is 13.0. The number of hydrogen-bond acceptors (Lipinski definition) is 5. The van der Waals surface area contributed by atoms with E-state index in [9.17, 15) is 13.6 Å². The first-order valence-electron chi connectivity index (χ1n) is 13.1. The van der Waals surface area contributed by atoms with Gasteiger partial charge in [-0.15, -0.1) is 0 Å². The minimum atomic E-state index is -0.815. The molecule has 0 aromatic heterocycles. The number of hydrogen-bond donors (Lipinski definition) is 5. The number of nitrogens with one attached hydrogen (secondary N) is 2. The van der Waals surface area contributed by atoms with Crippen molar-refractivity contribution < 1.29 is 24.3 Å². The van der Waals surface area contributed by atoms with E-state index in [1.165, 1.54) is 17.8 Å². The van der Waals surface area contributed by atoms with Gasteiger partial charge in [-0.3, -0.25) is 10.4 Å². The Morgan fingerprint density at radius 3 is 2.67 bits per heavy atom. The lowest BCUT2D eigenvalue weighted by Crippen LogP contribution is -2.90. The summed E-state index contributed by atoms with van der Waals surface area (Å²) in [7, 11) is 0. The van der Waals surface area contributed by atoms with Crippen molar-refractivity contribution in [1.29, 1.82) is 0 Å². The van der Waals surface area contributed by atoms with Gasteiger partial charge in [-0.25, -0.2) is 18.9 Å². The largest absolute Gasteiger partial charge is 0.398 e. The van der Waals surface area contributed by atoms with Crippen LogP contribution in [-0.2, 0) is 0 Å². The zero-order chi connectivity index (χ0) is 28.6. The number of benzene rings is 2. The third-order valence-corrected chi connectivity index (χ3v) is 6.52. The van der Waals surface area contributed by atoms with Gasteiger partial charge >= 0.3 is 6.03 Å². The molecule has 8 N–H and O–H groups in total. The van der Waals surface area contributed by atoms with Gasteiger partial charge in [0.1, 0.15) is 11.6 Å². The van der Waals surface area contributed by atoms with Gasteiger partial charge in [-0.05, 0) is 30.2 Å². The average Bonchev–Trinajstić information content (AvgIpc) is 3.52. The number of aliphatic imine (C=N–C) groups is 1. The van der Waals surface area contributed by atoms with Crippen molar-refractivity contribution in [3.63, 3.8) is 0 Å². The smallest absolute Gasteiger partial charge is 0.315 e. The number of carbonyl (C=O) groups excluding carboxylic acids is 1. The van der Waals surface area contributed by atoms with E-state index < -0.39 is 11.6 Å². The molecule has 11 heteroatoms. The molecule has 2 amide bonds. The lowest BCUT2D eigenvalue weighted by molar-refractivity contribution is -0.406. The van der Waals surface area contributed by atoms with Gasteiger partial charge in [0.05, 0.1) is 17.8 Å². The summed E-state index contributed by atoms with van der Waals surface area (Å²) in [5, 5.41) is 21.7. The highest BCUT2D eigenvalue weighted by molar-refractivity contribution is 6.24. The molecule has 0 bridgehead atoms. The number of nitrogens with two attached hydrogens (primary N) is 3. The number of quaternary nitrogens is 1. The maximum absolute atomic E-state index is 14.8. The number of rotatable bonds is 11. The fourth-order valence-electron chi connectivity index (χ4n) is 4.24. The minimum Gasteiger partial charge on any atom is -0.398 e. The molecule has 1 aliphatic carbocycles. The lowest BCUT2D eigenvalue weighted by Gasteiger charge is -2.11. The Morgan fingerprint density at radius 1 is 1.23 bits per heavy atom. The van der Waals surface area contributed by atoms with Gasteiger partial charge in [-0.2, -0.15) is 0 Å². The highest BCUT2D eigenvalue weighted by Crippen LogP contribution is 2.40. The van der Waals surface area contributed by atoms with Crippen LogP contribution in [0.2, 0.25) is 0 Å². The second-order valence-corrected chi connectivity index (χ2v) is 9.83. The molecule has 0 radical (unpaired) electrons. The predicted molar refractivity (Wildman–Crippen MR) is 152 cm³/mol. The van der Waals surface area contributed by atoms with Crippen LogP contribution in [0.15, 0.2) is 87.1 Å². The number of urea groups is 1. The monoisotopic (exact) mass is 548 g/mol. The highest BCUT2D eigenvalue weighted by Gasteiger charge is 2.39. The van der Waals surface area contributed by atoms with Gasteiger partial charge in [0.25, 0.3) is 0 Å². The van der Waals surface area contributed by atoms with Crippen LogP contribution in [0.5, 0.6) is 0 Å². The van der Waals surface area contributed by atoms with Crippen LogP contribution >= 0.6 is 0 Å². The third-order valence-electron chi connectivity index (χ3n) is 6.52. The number of amidine groups is 2. The van der Waals surface area contributed by atoms with Crippen molar-refractivity contribution in [3.8, 4) is 0 Å². The number of carbonyl (C=O) groups is 1. The molecule has 2 aliphatic rings. The standard InChI is InChI=1S/C29H32F2N8O/c1-17(2)28-37-26(38-39-28)11-10-24(33)22(16-32)27(20-9-8-19(30)14-23(20)31)34-12-13-35-29(40)36-25-15-21(25)18-6-4-3-5-7-18/h3-11,14,16-17,21,25,32H,12-13,15,33H2,1-2H3,(H2,35,36,40)(H,37,38,39)/p+2/b11-10-,24-22+,32-16?,34-27?/t21-,25?/m0/s1. The lowest BCUT2D eigenvalue weighted by atomic mass is 10.00. The molecule has 208 valence electrons. The Balaban J connectivity index is 1.44. The van der Waals surface area contributed by atoms with Crippen LogP contribution in [0.25, 0.3) is 0 Å². The number of allylic oxidation sites excluding steroid dienone is 2. The third kappa shape index (κ3) is 7.32. The van der Waals surface area contributed by atoms with Crippen LogP contribution in [0.3, 0.4) is 0 Å². The molecule has 2 atom stereocenters. The maximum atomic E-state index is 14.8. The molecule has 0 saturated heterocycles. The highest BCUT2D eigenvalue weighted by atomic mass is 19.1. The molecule has 4 rings (SSSR count). The summed E-state index contributed by atoms with van der Waals surface area (Å²) in [4.78, 5) is 16.9. The summed E-state index contributed by atoms with van der Waals surface area (Å²) >= 11 is 0. The van der Waals surface area contributed by atoms with Crippen molar-refractivity contribution in [3.05, 3.63) is 94.7 Å². The van der Waals surface area contributed by atoms with Gasteiger partial charge < -0.3 is 16.4 Å². The maximum Gasteiger partial charge on any atom is 0.315 e. The van der Waals surface area contributed by atoms with E-state index in [1.807, 2.05) is 49.5 Å². The van der Waals surface area contributed by atoms with E-state index in [-0.39, 0.29) is 53.6 Å². The number of amides is 2. The second-order valence-electron chi connectivity index (χ2n) is 9.83. The van der Waals surface area contributed by atoms with E-state index in [4.69, 9.17) is 11.1 Å². The minimum absolute atomic E-state index is 0.0257. The number of halogens is 2. The van der Waals surface area contributed by atoms with Gasteiger partial charge in [0.2, 0.25) is 11.7 Å². The zero-order valence-corrected chi connectivity index (χ0v) is 22.4. The first-order chi connectivity index (χ1) is 19.3. The van der Waals surface area contributed by atoms with E-state index in [0.717, 1.165) is 24.4 Å². The molecule has 1 fully saturated rings. The van der Waals surface area contributed by atoms with E-state index in [2.05, 4.69) is 25.8 Å². The van der Waals surface area contributed by atoms with E-state index in [0.29, 0.717) is 11.8 Å². The summed E-state index contributed by atoms with van der Waals surface area (Å²) < 4.78 is 28.4. The first kappa shape index (κ1) is 28.5. The van der Waals surface area contributed by atoms with Crippen molar-refractivity contribution in [2.45, 2.75) is 32.2 Å². The average molecular weight is 549 g/mol. The Labute approximate surface area is 231 Å². The molecular formula is C29H34F2N8O+2. The van der Waals surface area contributed by atoms with Crippen LogP contribution in [0, 0.1) is 17.6 Å². The van der Waals surface area contributed by atoms with Crippen molar-refractivity contribution in [2.24, 2.45) is 26.8 Å². The van der Waals surface area contributed by atoms with Crippen LogP contribution < -0.4 is 27.1 Å². The molecule has 1 saturated carbocycles. The molecule has 1 heterocycles. The van der Waals surface area contributed by atoms with Crippen LogP contribution in [0.1, 0.15) is 37.3 Å². The van der Waals surface area contributed by atoms with E-state index in [1.54, 1.807) is 12.2 Å². The summed E-state index contributed by atoms with van der Waals surface area (Å²) in [6, 6.07) is 12.9. The Bertz CT molecular complexity index is 1410. The Kier molecular flexibility index (Phi) is 9.28. The Morgan fingerprint density at radius 2 is 2.00 bits per heavy atom. The van der Waals surface area contributed by atoms with E-state index >= 15 is 0 Å². The quantitative estimate of drug-likeness (QED) is 0.163. The van der Waals surface area contributed by atoms with Gasteiger partial charge in [-0.1, -0.05) is 54.4 Å². The van der Waals surface area contributed by atoms with Crippen molar-refractivity contribution in [2.75, 3.05) is 13.1 Å². The van der Waals surface area contributed by atoms with Crippen LogP contribution in [-0.4, -0.2) is 48.8 Å². The normalized spacial score (nSPS) is 19.3. The molecule has 0 spiro atoms. The summed E-state index contributed by atoms with van der Waals surface area (Å²) in [5.41, 5.74) is 8.11. The topological polar surface area (TPSA) is 146 Å². The van der Waals surface area contributed by atoms with Crippen molar-refractivity contribution >= 4 is 29.6 Å². The summed E-state index contributed by atoms with van der Waals surface area (Å²) in [5.74, 6) is 0.439. The molecule has 2 aromatic carbocycles. The SMILES string of the molecule is CC(C)C1=NN=C(/C=C\C(N)=C(\C=[NH2+])C(=NCCNC(=O)NC2C[C@H]2c2ccccc2)c2ccc(F)cc2F)[NH2+]1. The number of nitrogens with zero attached hydrogens (tertiary/aromatic N) is 3. The zero-order valence-electron chi connectivity index (χ0n) is 22.4. The molecule has 9 nitrogen and oxygen atoms in total.